The standard InChI is InChI=1S/C14H16N2O2/c17-12-14(8-4-5-9-14)13(18)16(15-12)10-11-6-2-1-3-7-11/h1-3,6-7H,4-5,8-10H2,(H,15,17). The second kappa shape index (κ2) is 4.12. The highest BCUT2D eigenvalue weighted by Gasteiger charge is 2.55. The molecule has 4 heteroatoms. The minimum absolute atomic E-state index is 0.0474. The Balaban J connectivity index is 1.80. The molecule has 2 amide bonds. The fraction of sp³-hybridized carbons (Fsp3) is 0.429. The van der Waals surface area contributed by atoms with Gasteiger partial charge in [-0.3, -0.25) is 15.0 Å². The Hall–Kier alpha value is -1.84. The van der Waals surface area contributed by atoms with Crippen LogP contribution in [0.1, 0.15) is 31.2 Å². The molecular weight excluding hydrogens is 228 g/mol. The zero-order valence-corrected chi connectivity index (χ0v) is 10.2. The number of amides is 2. The molecular formula is C14H16N2O2. The van der Waals surface area contributed by atoms with Crippen molar-refractivity contribution < 1.29 is 9.59 Å². The molecule has 1 aliphatic heterocycles. The molecule has 1 heterocycles. The van der Waals surface area contributed by atoms with Crippen LogP contribution in [0.3, 0.4) is 0 Å². The van der Waals surface area contributed by atoms with Crippen molar-refractivity contribution in [3.05, 3.63) is 35.9 Å². The molecule has 0 aromatic heterocycles. The Morgan fingerprint density at radius 1 is 1.11 bits per heavy atom. The number of benzene rings is 1. The van der Waals surface area contributed by atoms with Crippen molar-refractivity contribution >= 4 is 11.8 Å². The molecule has 1 spiro atoms. The van der Waals surface area contributed by atoms with E-state index in [-0.39, 0.29) is 11.8 Å². The maximum atomic E-state index is 12.4. The third kappa shape index (κ3) is 1.60. The summed E-state index contributed by atoms with van der Waals surface area (Å²) < 4.78 is 0. The second-order valence-corrected chi connectivity index (χ2v) is 5.11. The third-order valence-corrected chi connectivity index (χ3v) is 3.97. The lowest BCUT2D eigenvalue weighted by molar-refractivity contribution is -0.139. The molecule has 1 aromatic rings. The Labute approximate surface area is 106 Å². The van der Waals surface area contributed by atoms with Crippen LogP contribution in [0.25, 0.3) is 0 Å². The first-order valence-corrected chi connectivity index (χ1v) is 6.39. The fourth-order valence-electron chi connectivity index (χ4n) is 2.93. The highest BCUT2D eigenvalue weighted by molar-refractivity contribution is 6.09. The summed E-state index contributed by atoms with van der Waals surface area (Å²) in [6.45, 7) is 0.452. The Morgan fingerprint density at radius 3 is 2.44 bits per heavy atom. The summed E-state index contributed by atoms with van der Waals surface area (Å²) >= 11 is 0. The number of rotatable bonds is 2. The molecule has 1 aliphatic carbocycles. The lowest BCUT2D eigenvalue weighted by atomic mass is 9.85. The van der Waals surface area contributed by atoms with Gasteiger partial charge in [0.25, 0.3) is 11.8 Å². The van der Waals surface area contributed by atoms with E-state index in [1.165, 1.54) is 5.01 Å². The fourth-order valence-corrected chi connectivity index (χ4v) is 2.93. The molecule has 0 unspecified atom stereocenters. The van der Waals surface area contributed by atoms with E-state index in [1.807, 2.05) is 30.3 Å². The van der Waals surface area contributed by atoms with Crippen LogP contribution in [-0.2, 0) is 16.1 Å². The van der Waals surface area contributed by atoms with Crippen LogP contribution < -0.4 is 5.43 Å². The van der Waals surface area contributed by atoms with E-state index in [0.717, 1.165) is 18.4 Å². The van der Waals surface area contributed by atoms with Gasteiger partial charge < -0.3 is 0 Å². The number of nitrogens with zero attached hydrogens (tertiary/aromatic N) is 1. The molecule has 0 atom stereocenters. The van der Waals surface area contributed by atoms with Gasteiger partial charge in [0.05, 0.1) is 6.54 Å². The summed E-state index contributed by atoms with van der Waals surface area (Å²) in [7, 11) is 0. The molecule has 18 heavy (non-hydrogen) atoms. The first-order chi connectivity index (χ1) is 8.72. The molecule has 2 aliphatic rings. The highest BCUT2D eigenvalue weighted by Crippen LogP contribution is 2.42. The van der Waals surface area contributed by atoms with Crippen LogP contribution in [0.15, 0.2) is 30.3 Å². The van der Waals surface area contributed by atoms with Crippen molar-refractivity contribution in [2.45, 2.75) is 32.2 Å². The lowest BCUT2D eigenvalue weighted by Gasteiger charge is -2.18. The molecule has 4 nitrogen and oxygen atoms in total. The maximum Gasteiger partial charge on any atom is 0.257 e. The van der Waals surface area contributed by atoms with Gasteiger partial charge in [-0.05, 0) is 18.4 Å². The summed E-state index contributed by atoms with van der Waals surface area (Å²) in [5.74, 6) is -0.158. The van der Waals surface area contributed by atoms with Gasteiger partial charge in [0.2, 0.25) is 0 Å². The van der Waals surface area contributed by atoms with Crippen LogP contribution in [0.5, 0.6) is 0 Å². The van der Waals surface area contributed by atoms with E-state index in [4.69, 9.17) is 0 Å². The van der Waals surface area contributed by atoms with Crippen molar-refractivity contribution in [3.8, 4) is 0 Å². The smallest absolute Gasteiger partial charge is 0.257 e. The third-order valence-electron chi connectivity index (χ3n) is 3.97. The number of carbonyl (C=O) groups excluding carboxylic acids is 2. The number of carbonyl (C=O) groups is 2. The first kappa shape index (κ1) is 11.3. The minimum atomic E-state index is -0.755. The van der Waals surface area contributed by atoms with Gasteiger partial charge in [0.15, 0.2) is 0 Å². The zero-order chi connectivity index (χ0) is 12.6. The molecule has 94 valence electrons. The van der Waals surface area contributed by atoms with E-state index in [0.29, 0.717) is 19.4 Å². The van der Waals surface area contributed by atoms with Gasteiger partial charge in [-0.15, -0.1) is 0 Å². The SMILES string of the molecule is O=C1NN(Cc2ccccc2)C(=O)C12CCCC2. The van der Waals surface area contributed by atoms with Gasteiger partial charge in [0, 0.05) is 0 Å². The molecule has 0 bridgehead atoms. The van der Waals surface area contributed by atoms with Gasteiger partial charge in [-0.2, -0.15) is 0 Å². The summed E-state index contributed by atoms with van der Waals surface area (Å²) in [5, 5.41) is 1.48. The average Bonchev–Trinajstić information content (AvgIpc) is 2.95. The monoisotopic (exact) mass is 244 g/mol. The summed E-state index contributed by atoms with van der Waals surface area (Å²) in [5.41, 5.74) is 3.00. The maximum absolute atomic E-state index is 12.4. The lowest BCUT2D eigenvalue weighted by Crippen LogP contribution is -2.35. The van der Waals surface area contributed by atoms with Crippen molar-refractivity contribution in [2.75, 3.05) is 0 Å². The highest BCUT2D eigenvalue weighted by atomic mass is 16.2. The van der Waals surface area contributed by atoms with Crippen LogP contribution in [0.2, 0.25) is 0 Å². The van der Waals surface area contributed by atoms with Gasteiger partial charge in [-0.25, -0.2) is 5.01 Å². The topological polar surface area (TPSA) is 49.4 Å². The van der Waals surface area contributed by atoms with Gasteiger partial charge in [-0.1, -0.05) is 43.2 Å². The normalized spacial score (nSPS) is 21.7. The quantitative estimate of drug-likeness (QED) is 0.804. The molecule has 0 radical (unpaired) electrons. The van der Waals surface area contributed by atoms with E-state index in [9.17, 15) is 9.59 Å². The van der Waals surface area contributed by atoms with Crippen molar-refractivity contribution in [2.24, 2.45) is 5.41 Å². The minimum Gasteiger partial charge on any atom is -0.272 e. The van der Waals surface area contributed by atoms with E-state index in [2.05, 4.69) is 5.43 Å². The predicted molar refractivity (Wildman–Crippen MR) is 66.0 cm³/mol. The van der Waals surface area contributed by atoms with Crippen LogP contribution in [0, 0.1) is 5.41 Å². The summed E-state index contributed by atoms with van der Waals surface area (Å²) in [4.78, 5) is 24.4. The van der Waals surface area contributed by atoms with E-state index < -0.39 is 5.41 Å². The summed E-state index contributed by atoms with van der Waals surface area (Å²) in [6, 6.07) is 9.72. The number of nitrogens with one attached hydrogen (secondary N) is 1. The van der Waals surface area contributed by atoms with E-state index >= 15 is 0 Å². The van der Waals surface area contributed by atoms with Gasteiger partial charge >= 0.3 is 0 Å². The second-order valence-electron chi connectivity index (χ2n) is 5.11. The van der Waals surface area contributed by atoms with Crippen LogP contribution in [0.4, 0.5) is 0 Å². The van der Waals surface area contributed by atoms with Crippen molar-refractivity contribution in [1.82, 2.24) is 10.4 Å². The van der Waals surface area contributed by atoms with E-state index in [1.54, 1.807) is 0 Å². The largest absolute Gasteiger partial charge is 0.272 e. The number of hydrazine groups is 1. The number of hydrogen-bond acceptors (Lipinski definition) is 2. The summed E-state index contributed by atoms with van der Waals surface area (Å²) in [6.07, 6.45) is 3.34. The zero-order valence-electron chi connectivity index (χ0n) is 10.2. The molecule has 1 saturated heterocycles. The Morgan fingerprint density at radius 2 is 1.78 bits per heavy atom. The Kier molecular flexibility index (Phi) is 2.58. The Bertz CT molecular complexity index is 478. The predicted octanol–water partition coefficient (Wildman–Crippen LogP) is 1.62. The van der Waals surface area contributed by atoms with Crippen molar-refractivity contribution in [3.63, 3.8) is 0 Å². The average molecular weight is 244 g/mol. The van der Waals surface area contributed by atoms with Crippen molar-refractivity contribution in [1.29, 1.82) is 0 Å². The van der Waals surface area contributed by atoms with Crippen LogP contribution in [-0.4, -0.2) is 16.8 Å². The first-order valence-electron chi connectivity index (χ1n) is 6.39. The molecule has 1 saturated carbocycles. The van der Waals surface area contributed by atoms with Gasteiger partial charge in [0.1, 0.15) is 5.41 Å². The molecule has 1 N–H and O–H groups in total. The number of hydrogen-bond donors (Lipinski definition) is 1. The molecule has 1 aromatic carbocycles. The molecule has 3 rings (SSSR count). The molecule has 2 fully saturated rings. The van der Waals surface area contributed by atoms with Crippen LogP contribution >= 0.6 is 0 Å².